The first kappa shape index (κ1) is 27.4. The van der Waals surface area contributed by atoms with Crippen molar-refractivity contribution in [3.8, 4) is 5.75 Å². The van der Waals surface area contributed by atoms with E-state index in [1.54, 1.807) is 49.7 Å². The van der Waals surface area contributed by atoms with E-state index in [-0.39, 0.29) is 30.0 Å². The van der Waals surface area contributed by atoms with Gasteiger partial charge in [-0.3, -0.25) is 14.7 Å². The summed E-state index contributed by atoms with van der Waals surface area (Å²) in [6, 6.07) is 9.00. The van der Waals surface area contributed by atoms with Gasteiger partial charge in [0.15, 0.2) is 0 Å². The molecule has 2 heterocycles. The Morgan fingerprint density at radius 1 is 1.19 bits per heavy atom. The monoisotopic (exact) mass is 497 g/mol. The SMILES string of the molecule is CCCNC(=O)Nc1ccc2c(c1)C(=O)N(C)C[C@H](OC)[C@@H](C)CN(Cc1ccncc1)[C@@H](C)CO2. The Labute approximate surface area is 214 Å². The van der Waals surface area contributed by atoms with Gasteiger partial charge in [0.05, 0.1) is 11.7 Å². The fourth-order valence-electron chi connectivity index (χ4n) is 4.29. The molecule has 0 unspecified atom stereocenters. The normalized spacial score (nSPS) is 21.5. The number of nitrogens with zero attached hydrogens (tertiary/aromatic N) is 3. The lowest BCUT2D eigenvalue weighted by Crippen LogP contribution is -2.46. The number of carbonyl (C=O) groups is 2. The molecule has 0 bridgehead atoms. The van der Waals surface area contributed by atoms with E-state index in [0.717, 1.165) is 19.5 Å². The summed E-state index contributed by atoms with van der Waals surface area (Å²) in [5, 5.41) is 5.59. The van der Waals surface area contributed by atoms with Crippen molar-refractivity contribution >= 4 is 17.6 Å². The number of nitrogens with one attached hydrogen (secondary N) is 2. The van der Waals surface area contributed by atoms with Crippen LogP contribution >= 0.6 is 0 Å². The van der Waals surface area contributed by atoms with Gasteiger partial charge in [0.25, 0.3) is 5.91 Å². The number of hydrogen-bond acceptors (Lipinski definition) is 6. The number of hydrogen-bond donors (Lipinski definition) is 2. The van der Waals surface area contributed by atoms with Crippen molar-refractivity contribution in [1.29, 1.82) is 0 Å². The van der Waals surface area contributed by atoms with Gasteiger partial charge in [0, 0.05) is 64.5 Å². The fraction of sp³-hybridized carbons (Fsp3) is 0.519. The van der Waals surface area contributed by atoms with E-state index in [0.29, 0.717) is 36.7 Å². The molecule has 2 N–H and O–H groups in total. The second-order valence-electron chi connectivity index (χ2n) is 9.47. The van der Waals surface area contributed by atoms with E-state index in [2.05, 4.69) is 34.4 Å². The maximum atomic E-state index is 13.5. The number of benzene rings is 1. The summed E-state index contributed by atoms with van der Waals surface area (Å²) >= 11 is 0. The van der Waals surface area contributed by atoms with Crippen LogP contribution in [-0.2, 0) is 11.3 Å². The van der Waals surface area contributed by atoms with E-state index >= 15 is 0 Å². The molecule has 0 spiro atoms. The topological polar surface area (TPSA) is 96.0 Å². The summed E-state index contributed by atoms with van der Waals surface area (Å²) in [5.41, 5.74) is 2.11. The zero-order valence-electron chi connectivity index (χ0n) is 22.0. The van der Waals surface area contributed by atoms with Gasteiger partial charge in [-0.2, -0.15) is 0 Å². The first-order chi connectivity index (χ1) is 17.3. The third-order valence-electron chi connectivity index (χ3n) is 6.50. The van der Waals surface area contributed by atoms with Crippen molar-refractivity contribution in [3.63, 3.8) is 0 Å². The molecule has 2 aromatic rings. The van der Waals surface area contributed by atoms with Gasteiger partial charge in [-0.05, 0) is 55.2 Å². The Morgan fingerprint density at radius 2 is 1.94 bits per heavy atom. The number of ether oxygens (including phenoxy) is 2. The van der Waals surface area contributed by atoms with Crippen LogP contribution in [0.1, 0.15) is 43.1 Å². The quantitative estimate of drug-likeness (QED) is 0.633. The number of methoxy groups -OCH3 is 1. The lowest BCUT2D eigenvalue weighted by molar-refractivity contribution is 0.00921. The average molecular weight is 498 g/mol. The van der Waals surface area contributed by atoms with E-state index in [1.165, 1.54) is 5.56 Å². The zero-order valence-corrected chi connectivity index (χ0v) is 22.0. The molecule has 196 valence electrons. The molecule has 1 aliphatic rings. The first-order valence-corrected chi connectivity index (χ1v) is 12.5. The molecule has 0 fully saturated rings. The van der Waals surface area contributed by atoms with Crippen LogP contribution in [0.3, 0.4) is 0 Å². The Hall–Kier alpha value is -3.17. The maximum absolute atomic E-state index is 13.5. The van der Waals surface area contributed by atoms with Crippen molar-refractivity contribution in [1.82, 2.24) is 20.1 Å². The number of carbonyl (C=O) groups excluding carboxylic acids is 2. The molecule has 3 atom stereocenters. The number of rotatable bonds is 6. The summed E-state index contributed by atoms with van der Waals surface area (Å²) in [5.74, 6) is 0.479. The second-order valence-corrected chi connectivity index (χ2v) is 9.47. The summed E-state index contributed by atoms with van der Waals surface area (Å²) in [7, 11) is 3.46. The smallest absolute Gasteiger partial charge is 0.319 e. The van der Waals surface area contributed by atoms with Gasteiger partial charge in [-0.25, -0.2) is 4.79 Å². The number of aromatic nitrogens is 1. The fourth-order valence-corrected chi connectivity index (χ4v) is 4.29. The molecule has 9 heteroatoms. The van der Waals surface area contributed by atoms with Gasteiger partial charge in [-0.1, -0.05) is 13.8 Å². The molecule has 36 heavy (non-hydrogen) atoms. The number of amides is 3. The molecule has 1 aromatic carbocycles. The number of likely N-dealkylation sites (N-methyl/N-ethyl adjacent to an activating group) is 1. The van der Waals surface area contributed by atoms with E-state index in [4.69, 9.17) is 9.47 Å². The number of anilines is 1. The Kier molecular flexibility index (Phi) is 10.1. The molecule has 0 aliphatic carbocycles. The van der Waals surface area contributed by atoms with Crippen molar-refractivity contribution in [3.05, 3.63) is 53.9 Å². The first-order valence-electron chi connectivity index (χ1n) is 12.5. The third kappa shape index (κ3) is 7.41. The van der Waals surface area contributed by atoms with Crippen LogP contribution in [-0.4, -0.2) is 79.3 Å². The highest BCUT2D eigenvalue weighted by molar-refractivity contribution is 5.99. The summed E-state index contributed by atoms with van der Waals surface area (Å²) in [4.78, 5) is 33.8. The molecule has 3 amide bonds. The van der Waals surface area contributed by atoms with Crippen molar-refractivity contribution < 1.29 is 19.1 Å². The van der Waals surface area contributed by atoms with Crippen LogP contribution in [0, 0.1) is 5.92 Å². The van der Waals surface area contributed by atoms with Gasteiger partial charge in [0.1, 0.15) is 12.4 Å². The summed E-state index contributed by atoms with van der Waals surface area (Å²) in [6.45, 7) is 9.22. The van der Waals surface area contributed by atoms with Gasteiger partial charge >= 0.3 is 6.03 Å². The van der Waals surface area contributed by atoms with Gasteiger partial charge in [-0.15, -0.1) is 0 Å². The molecule has 0 saturated heterocycles. The van der Waals surface area contributed by atoms with E-state index in [1.807, 2.05) is 19.1 Å². The average Bonchev–Trinajstić information content (AvgIpc) is 2.88. The molecule has 1 aromatic heterocycles. The third-order valence-corrected chi connectivity index (χ3v) is 6.50. The molecular formula is C27H39N5O4. The number of fused-ring (bicyclic) bond motifs is 1. The number of urea groups is 1. The molecule has 1 aliphatic heterocycles. The Morgan fingerprint density at radius 3 is 2.64 bits per heavy atom. The molecule has 0 saturated carbocycles. The van der Waals surface area contributed by atoms with Crippen LogP contribution in [0.2, 0.25) is 0 Å². The van der Waals surface area contributed by atoms with Crippen LogP contribution in [0.5, 0.6) is 5.75 Å². The van der Waals surface area contributed by atoms with Crippen molar-refractivity contribution in [2.45, 2.75) is 45.9 Å². The Bertz CT molecular complexity index is 1000. The van der Waals surface area contributed by atoms with Crippen molar-refractivity contribution in [2.75, 3.05) is 45.7 Å². The largest absolute Gasteiger partial charge is 0.491 e. The Balaban J connectivity index is 1.89. The van der Waals surface area contributed by atoms with E-state index < -0.39 is 0 Å². The van der Waals surface area contributed by atoms with Crippen LogP contribution in [0.25, 0.3) is 0 Å². The molecule has 3 rings (SSSR count). The standard InChI is InChI=1S/C27H39N5O4/c1-6-11-29-27(34)30-22-7-8-24-23(14-22)26(33)31(4)17-25(35-5)19(2)15-32(20(3)18-36-24)16-21-9-12-28-13-10-21/h7-10,12-14,19-20,25H,6,11,15-18H2,1-5H3,(H2,29,30,34)/t19-,20-,25-/m0/s1. The molecule has 9 nitrogen and oxygen atoms in total. The molecular weight excluding hydrogens is 458 g/mol. The number of pyridine rings is 1. The minimum Gasteiger partial charge on any atom is -0.491 e. The van der Waals surface area contributed by atoms with Crippen LogP contribution in [0.4, 0.5) is 10.5 Å². The van der Waals surface area contributed by atoms with Gasteiger partial charge in [0.2, 0.25) is 0 Å². The maximum Gasteiger partial charge on any atom is 0.319 e. The second kappa shape index (κ2) is 13.2. The highest BCUT2D eigenvalue weighted by Crippen LogP contribution is 2.26. The highest BCUT2D eigenvalue weighted by Gasteiger charge is 2.28. The van der Waals surface area contributed by atoms with Gasteiger partial charge < -0.3 is 25.0 Å². The minimum atomic E-state index is -0.305. The van der Waals surface area contributed by atoms with Crippen LogP contribution in [0.15, 0.2) is 42.7 Å². The van der Waals surface area contributed by atoms with Crippen molar-refractivity contribution in [2.24, 2.45) is 5.92 Å². The van der Waals surface area contributed by atoms with E-state index in [9.17, 15) is 9.59 Å². The lowest BCUT2D eigenvalue weighted by Gasteiger charge is -2.36. The lowest BCUT2D eigenvalue weighted by atomic mass is 10.0. The minimum absolute atomic E-state index is 0.0795. The summed E-state index contributed by atoms with van der Waals surface area (Å²) < 4.78 is 12.0. The summed E-state index contributed by atoms with van der Waals surface area (Å²) in [6.07, 6.45) is 4.30. The molecule has 0 radical (unpaired) electrons. The zero-order chi connectivity index (χ0) is 26.1. The highest BCUT2D eigenvalue weighted by atomic mass is 16.5. The predicted octanol–water partition coefficient (Wildman–Crippen LogP) is 3.62. The predicted molar refractivity (Wildman–Crippen MR) is 140 cm³/mol. The van der Waals surface area contributed by atoms with Crippen LogP contribution < -0.4 is 15.4 Å².